The van der Waals surface area contributed by atoms with E-state index in [0.29, 0.717) is 19.1 Å². The fraction of sp³-hybridized carbons (Fsp3) is 0.652. The lowest BCUT2D eigenvalue weighted by Gasteiger charge is -2.35. The molecule has 188 valence electrons. The van der Waals surface area contributed by atoms with Gasteiger partial charge in [-0.2, -0.15) is 4.98 Å². The molecule has 8 nitrogen and oxygen atoms in total. The van der Waals surface area contributed by atoms with E-state index in [1.807, 2.05) is 4.90 Å². The normalized spacial score (nSPS) is 22.7. The Morgan fingerprint density at radius 3 is 2.24 bits per heavy atom. The molecule has 4 rings (SSSR count). The summed E-state index contributed by atoms with van der Waals surface area (Å²) in [5, 5.41) is 3.74. The number of nitrogens with zero attached hydrogens (tertiary/aromatic N) is 3. The summed E-state index contributed by atoms with van der Waals surface area (Å²) in [6.45, 7) is 4.18. The number of sulfone groups is 1. The first-order valence-corrected chi connectivity index (χ1v) is 13.5. The Hall–Kier alpha value is -2.27. The Kier molecular flexibility index (Phi) is 7.14. The van der Waals surface area contributed by atoms with Gasteiger partial charge in [-0.15, -0.1) is 0 Å². The van der Waals surface area contributed by atoms with Crippen LogP contribution in [0.4, 0.5) is 14.8 Å². The smallest absolute Gasteiger partial charge is 0.324 e. The molecule has 1 aromatic heterocycles. The third-order valence-corrected chi connectivity index (χ3v) is 7.40. The molecule has 0 N–H and O–H groups in total. The summed E-state index contributed by atoms with van der Waals surface area (Å²) < 4.78 is 68.7. The Bertz CT molecular complexity index is 1090. The lowest BCUT2D eigenvalue weighted by molar-refractivity contribution is -0.0532. The number of halogens is 2. The molecule has 2 aromatic rings. The summed E-state index contributed by atoms with van der Waals surface area (Å²) in [6.07, 6.45) is 5.88. The van der Waals surface area contributed by atoms with Crippen LogP contribution in [0.15, 0.2) is 27.6 Å². The summed E-state index contributed by atoms with van der Waals surface area (Å²) in [5.41, 5.74) is -1.64. The number of hydrogen-bond acceptors (Lipinski definition) is 8. The van der Waals surface area contributed by atoms with Crippen molar-refractivity contribution >= 4 is 15.9 Å². The SMILES string of the molecule is CC(C)(F)c1noc(N2CCC(OC3CCC(Oc4ccc(S(C)(=O)=O)cc4F)CC3)CC2)n1. The average molecular weight is 500 g/mol. The van der Waals surface area contributed by atoms with Gasteiger partial charge >= 0.3 is 6.01 Å². The number of alkyl halides is 1. The van der Waals surface area contributed by atoms with Crippen LogP contribution in [-0.2, 0) is 20.2 Å². The number of ether oxygens (including phenoxy) is 2. The van der Waals surface area contributed by atoms with Crippen LogP contribution >= 0.6 is 0 Å². The van der Waals surface area contributed by atoms with Crippen LogP contribution in [0.1, 0.15) is 58.2 Å². The molecule has 1 aromatic carbocycles. The lowest BCUT2D eigenvalue weighted by Crippen LogP contribution is -2.40. The van der Waals surface area contributed by atoms with E-state index in [-0.39, 0.29) is 34.8 Å². The van der Waals surface area contributed by atoms with Crippen LogP contribution in [0, 0.1) is 5.82 Å². The van der Waals surface area contributed by atoms with Crippen LogP contribution in [0.3, 0.4) is 0 Å². The van der Waals surface area contributed by atoms with Gasteiger partial charge in [0.05, 0.1) is 23.2 Å². The first kappa shape index (κ1) is 24.8. The number of aromatic nitrogens is 2. The first-order chi connectivity index (χ1) is 16.0. The van der Waals surface area contributed by atoms with Gasteiger partial charge in [-0.05, 0) is 70.6 Å². The van der Waals surface area contributed by atoms with Gasteiger partial charge in [0.2, 0.25) is 5.82 Å². The van der Waals surface area contributed by atoms with Gasteiger partial charge in [0.1, 0.15) is 0 Å². The van der Waals surface area contributed by atoms with Gasteiger partial charge in [0.15, 0.2) is 27.1 Å². The van der Waals surface area contributed by atoms with E-state index >= 15 is 0 Å². The fourth-order valence-corrected chi connectivity index (χ4v) is 4.95. The minimum atomic E-state index is -3.46. The average Bonchev–Trinajstić information content (AvgIpc) is 3.27. The van der Waals surface area contributed by atoms with Crippen molar-refractivity contribution in [2.45, 2.75) is 81.2 Å². The van der Waals surface area contributed by atoms with Crippen molar-refractivity contribution in [3.8, 4) is 5.75 Å². The van der Waals surface area contributed by atoms with Crippen molar-refractivity contribution in [3.63, 3.8) is 0 Å². The van der Waals surface area contributed by atoms with Crippen LogP contribution in [0.25, 0.3) is 0 Å². The highest BCUT2D eigenvalue weighted by atomic mass is 32.2. The largest absolute Gasteiger partial charge is 0.487 e. The van der Waals surface area contributed by atoms with Crippen LogP contribution in [0.2, 0.25) is 0 Å². The quantitative estimate of drug-likeness (QED) is 0.560. The van der Waals surface area contributed by atoms with Crippen molar-refractivity contribution in [1.82, 2.24) is 10.1 Å². The molecule has 0 unspecified atom stereocenters. The number of benzene rings is 1. The number of piperidine rings is 1. The molecule has 0 spiro atoms. The minimum Gasteiger partial charge on any atom is -0.487 e. The summed E-state index contributed by atoms with van der Waals surface area (Å²) in [5.74, 6) is -0.549. The van der Waals surface area contributed by atoms with Crippen LogP contribution in [-0.4, -0.2) is 56.2 Å². The van der Waals surface area contributed by atoms with E-state index < -0.39 is 21.3 Å². The maximum atomic E-state index is 14.3. The van der Waals surface area contributed by atoms with Crippen molar-refractivity contribution < 1.29 is 31.2 Å². The summed E-state index contributed by atoms with van der Waals surface area (Å²) in [7, 11) is -3.46. The van der Waals surface area contributed by atoms with Gasteiger partial charge < -0.3 is 18.9 Å². The number of rotatable bonds is 7. The third-order valence-electron chi connectivity index (χ3n) is 6.29. The van der Waals surface area contributed by atoms with E-state index in [2.05, 4.69) is 10.1 Å². The van der Waals surface area contributed by atoms with E-state index in [1.165, 1.54) is 26.0 Å². The topological polar surface area (TPSA) is 94.8 Å². The zero-order valence-corrected chi connectivity index (χ0v) is 20.5. The second kappa shape index (κ2) is 9.77. The lowest BCUT2D eigenvalue weighted by atomic mass is 9.94. The predicted molar refractivity (Wildman–Crippen MR) is 121 cm³/mol. The Morgan fingerprint density at radius 1 is 1.06 bits per heavy atom. The van der Waals surface area contributed by atoms with Gasteiger partial charge in [0.25, 0.3) is 0 Å². The molecule has 0 bridgehead atoms. The second-order valence-corrected chi connectivity index (χ2v) is 11.6. The van der Waals surface area contributed by atoms with Gasteiger partial charge in [-0.3, -0.25) is 0 Å². The summed E-state index contributed by atoms with van der Waals surface area (Å²) in [6, 6.07) is 4.08. The van der Waals surface area contributed by atoms with Crippen molar-refractivity contribution in [2.75, 3.05) is 24.2 Å². The van der Waals surface area contributed by atoms with Gasteiger partial charge in [0, 0.05) is 19.3 Å². The molecule has 0 amide bonds. The van der Waals surface area contributed by atoms with Gasteiger partial charge in [-0.25, -0.2) is 17.2 Å². The molecule has 0 atom stereocenters. The highest BCUT2D eigenvalue weighted by molar-refractivity contribution is 7.90. The van der Waals surface area contributed by atoms with E-state index in [4.69, 9.17) is 14.0 Å². The molecule has 1 saturated carbocycles. The summed E-state index contributed by atoms with van der Waals surface area (Å²) >= 11 is 0. The first-order valence-electron chi connectivity index (χ1n) is 11.6. The maximum absolute atomic E-state index is 14.3. The van der Waals surface area contributed by atoms with E-state index in [1.54, 1.807) is 0 Å². The third kappa shape index (κ3) is 6.04. The van der Waals surface area contributed by atoms with Crippen molar-refractivity contribution in [2.24, 2.45) is 0 Å². The molecule has 0 radical (unpaired) electrons. The fourth-order valence-electron chi connectivity index (χ4n) is 4.31. The number of hydrogen-bond donors (Lipinski definition) is 0. The van der Waals surface area contributed by atoms with Crippen LogP contribution < -0.4 is 9.64 Å². The Balaban J connectivity index is 1.21. The molecule has 2 heterocycles. The summed E-state index contributed by atoms with van der Waals surface area (Å²) in [4.78, 5) is 6.06. The van der Waals surface area contributed by atoms with E-state index in [9.17, 15) is 17.2 Å². The molecular weight excluding hydrogens is 468 g/mol. The molecule has 1 aliphatic heterocycles. The van der Waals surface area contributed by atoms with Crippen LogP contribution in [0.5, 0.6) is 5.75 Å². The van der Waals surface area contributed by atoms with Gasteiger partial charge in [-0.1, -0.05) is 5.16 Å². The number of anilines is 1. The van der Waals surface area contributed by atoms with E-state index in [0.717, 1.165) is 50.8 Å². The molecule has 1 aliphatic carbocycles. The van der Waals surface area contributed by atoms with Crippen molar-refractivity contribution in [1.29, 1.82) is 0 Å². The molecule has 2 fully saturated rings. The molecule has 2 aliphatic rings. The predicted octanol–water partition coefficient (Wildman–Crippen LogP) is 4.19. The highest BCUT2D eigenvalue weighted by Crippen LogP contribution is 2.31. The van der Waals surface area contributed by atoms with Crippen molar-refractivity contribution in [3.05, 3.63) is 29.8 Å². The molecular formula is C23H31F2N3O5S. The molecule has 11 heteroatoms. The minimum absolute atomic E-state index is 0.0473. The maximum Gasteiger partial charge on any atom is 0.324 e. The molecule has 1 saturated heterocycles. The second-order valence-electron chi connectivity index (χ2n) is 9.58. The standard InChI is InChI=1S/C23H31F2N3O5S/c1-23(2,25)21-26-22(33-27-21)28-12-10-17(11-13-28)31-15-4-6-16(7-5-15)32-20-9-8-18(14-19(20)24)34(3,29)30/h8-9,14-17H,4-7,10-13H2,1-3H3. The Labute approximate surface area is 198 Å². The zero-order valence-electron chi connectivity index (χ0n) is 19.7. The molecule has 34 heavy (non-hydrogen) atoms. The Morgan fingerprint density at radius 2 is 1.68 bits per heavy atom. The highest BCUT2D eigenvalue weighted by Gasteiger charge is 2.31. The monoisotopic (exact) mass is 499 g/mol. The zero-order chi connectivity index (χ0) is 24.5.